The van der Waals surface area contributed by atoms with Crippen LogP contribution in [0.5, 0.6) is 0 Å². The molecule has 0 spiro atoms. The minimum atomic E-state index is -1.54. The number of allylic oxidation sites excluding steroid dienone is 1. The quantitative estimate of drug-likeness (QED) is 0.506. The lowest BCUT2D eigenvalue weighted by Crippen LogP contribution is -2.41. The minimum absolute atomic E-state index is 0.317. The summed E-state index contributed by atoms with van der Waals surface area (Å²) in [5, 5.41) is 1.73. The molecule has 0 aromatic rings. The third kappa shape index (κ3) is 4.05. The summed E-state index contributed by atoms with van der Waals surface area (Å²) >= 11 is 0. The highest BCUT2D eigenvalue weighted by Crippen LogP contribution is 2.42. The Labute approximate surface area is 108 Å². The number of hydrogen-bond acceptors (Lipinski definition) is 2. The first kappa shape index (κ1) is 16.6. The molecule has 0 aliphatic rings. The van der Waals surface area contributed by atoms with Crippen molar-refractivity contribution in [2.45, 2.75) is 66.1 Å². The second kappa shape index (κ2) is 6.48. The van der Waals surface area contributed by atoms with Gasteiger partial charge < -0.3 is 9.47 Å². The molecule has 0 aromatic heterocycles. The first-order chi connectivity index (χ1) is 7.72. The monoisotopic (exact) mass is 258 g/mol. The molecule has 2 nitrogen and oxygen atoms in total. The minimum Gasteiger partial charge on any atom is -0.466 e. The van der Waals surface area contributed by atoms with E-state index in [1.165, 1.54) is 5.20 Å². The molecule has 0 rings (SSSR count). The van der Waals surface area contributed by atoms with Crippen LogP contribution in [0.25, 0.3) is 0 Å². The Hall–Kier alpha value is -0.443. The van der Waals surface area contributed by atoms with Gasteiger partial charge in [0.1, 0.15) is 0 Å². The Morgan fingerprint density at radius 3 is 1.59 bits per heavy atom. The van der Waals surface area contributed by atoms with Crippen molar-refractivity contribution in [3.63, 3.8) is 0 Å². The highest BCUT2D eigenvalue weighted by atomic mass is 28.3. The predicted octanol–water partition coefficient (Wildman–Crippen LogP) is 4.73. The van der Waals surface area contributed by atoms with Gasteiger partial charge in [0.05, 0.1) is 21.3 Å². The van der Waals surface area contributed by atoms with Crippen LogP contribution < -0.4 is 0 Å². The Kier molecular flexibility index (Phi) is 6.31. The third-order valence-corrected chi connectivity index (χ3v) is 9.60. The van der Waals surface area contributed by atoms with Gasteiger partial charge in [-0.3, -0.25) is 0 Å². The SMILES string of the molecule is CCOC(OCC)=C(CC)[Si](C)(C)C(C)(C)C. The second-order valence-electron chi connectivity index (χ2n) is 5.86. The molecule has 0 amide bonds. The molecule has 0 unspecified atom stereocenters. The summed E-state index contributed by atoms with van der Waals surface area (Å²) in [4.78, 5) is 0. The topological polar surface area (TPSA) is 18.5 Å². The molecule has 102 valence electrons. The Bertz CT molecular complexity index is 254. The van der Waals surface area contributed by atoms with Crippen molar-refractivity contribution in [2.75, 3.05) is 13.2 Å². The van der Waals surface area contributed by atoms with Gasteiger partial charge >= 0.3 is 0 Å². The molecule has 17 heavy (non-hydrogen) atoms. The molecule has 0 bridgehead atoms. The van der Waals surface area contributed by atoms with Crippen LogP contribution in [0.15, 0.2) is 11.1 Å². The molecule has 0 radical (unpaired) electrons. The zero-order valence-corrected chi connectivity index (χ0v) is 13.9. The van der Waals surface area contributed by atoms with E-state index < -0.39 is 8.07 Å². The van der Waals surface area contributed by atoms with Gasteiger partial charge in [-0.1, -0.05) is 40.8 Å². The maximum atomic E-state index is 5.71. The largest absolute Gasteiger partial charge is 0.466 e. The summed E-state index contributed by atoms with van der Waals surface area (Å²) in [6.07, 6.45) is 1.02. The van der Waals surface area contributed by atoms with Crippen molar-refractivity contribution in [1.82, 2.24) is 0 Å². The lowest BCUT2D eigenvalue weighted by Gasteiger charge is -2.39. The Morgan fingerprint density at radius 1 is 0.941 bits per heavy atom. The highest BCUT2D eigenvalue weighted by molar-refractivity contribution is 6.86. The lowest BCUT2D eigenvalue weighted by molar-refractivity contribution is 0.0437. The molecule has 3 heteroatoms. The predicted molar refractivity (Wildman–Crippen MR) is 77.8 cm³/mol. The van der Waals surface area contributed by atoms with Crippen LogP contribution in [0.2, 0.25) is 18.1 Å². The van der Waals surface area contributed by atoms with E-state index in [0.29, 0.717) is 18.3 Å². The van der Waals surface area contributed by atoms with Crippen molar-refractivity contribution in [2.24, 2.45) is 0 Å². The van der Waals surface area contributed by atoms with E-state index >= 15 is 0 Å². The fourth-order valence-electron chi connectivity index (χ4n) is 1.77. The van der Waals surface area contributed by atoms with Crippen molar-refractivity contribution >= 4 is 8.07 Å². The first-order valence-electron chi connectivity index (χ1n) is 6.71. The molecule has 0 saturated heterocycles. The van der Waals surface area contributed by atoms with Crippen LogP contribution in [0.4, 0.5) is 0 Å². The summed E-state index contributed by atoms with van der Waals surface area (Å²) in [5.41, 5.74) is 0. The molecule has 0 heterocycles. The molecule has 0 fully saturated rings. The van der Waals surface area contributed by atoms with Crippen LogP contribution in [-0.2, 0) is 9.47 Å². The van der Waals surface area contributed by atoms with Gasteiger partial charge in [-0.2, -0.15) is 0 Å². The number of ether oxygens (including phenoxy) is 2. The average molecular weight is 258 g/mol. The Balaban J connectivity index is 5.45. The zero-order valence-electron chi connectivity index (χ0n) is 12.9. The molecule has 0 N–H and O–H groups in total. The Morgan fingerprint density at radius 2 is 1.35 bits per heavy atom. The summed E-state index contributed by atoms with van der Waals surface area (Å²) in [6.45, 7) is 19.4. The van der Waals surface area contributed by atoms with Gasteiger partial charge in [0, 0.05) is 0 Å². The summed E-state index contributed by atoms with van der Waals surface area (Å²) in [7, 11) is -1.54. The normalized spacial score (nSPS) is 12.2. The zero-order chi connectivity index (χ0) is 13.7. The maximum Gasteiger partial charge on any atom is 0.274 e. The van der Waals surface area contributed by atoms with Crippen molar-refractivity contribution in [3.05, 3.63) is 11.1 Å². The van der Waals surface area contributed by atoms with Crippen molar-refractivity contribution in [3.8, 4) is 0 Å². The average Bonchev–Trinajstić information content (AvgIpc) is 2.17. The molecule has 0 aliphatic heterocycles. The van der Waals surface area contributed by atoms with Crippen LogP contribution in [0.3, 0.4) is 0 Å². The van der Waals surface area contributed by atoms with E-state index in [2.05, 4.69) is 40.8 Å². The van der Waals surface area contributed by atoms with Crippen LogP contribution >= 0.6 is 0 Å². The number of hydrogen-bond donors (Lipinski definition) is 0. The standard InChI is InChI=1S/C14H30O2Si/c1-9-12(13(15-10-2)16-11-3)17(7,8)14(4,5)6/h9-11H2,1-8H3. The molecule has 0 aliphatic carbocycles. The van der Waals surface area contributed by atoms with Gasteiger partial charge in [-0.15, -0.1) is 0 Å². The van der Waals surface area contributed by atoms with Gasteiger partial charge in [0.25, 0.3) is 5.95 Å². The molecule has 0 atom stereocenters. The summed E-state index contributed by atoms with van der Waals surface area (Å²) < 4.78 is 11.4. The van der Waals surface area contributed by atoms with Gasteiger partial charge in [0.15, 0.2) is 0 Å². The van der Waals surface area contributed by atoms with Gasteiger partial charge in [0.2, 0.25) is 0 Å². The first-order valence-corrected chi connectivity index (χ1v) is 9.71. The molecular formula is C14H30O2Si. The molecule has 0 aromatic carbocycles. The van der Waals surface area contributed by atoms with Gasteiger partial charge in [-0.25, -0.2) is 0 Å². The van der Waals surface area contributed by atoms with E-state index in [1.54, 1.807) is 0 Å². The fourth-order valence-corrected chi connectivity index (χ4v) is 4.22. The molecular weight excluding hydrogens is 228 g/mol. The fraction of sp³-hybridized carbons (Fsp3) is 0.857. The van der Waals surface area contributed by atoms with E-state index in [1.807, 2.05) is 13.8 Å². The van der Waals surface area contributed by atoms with Crippen LogP contribution in [-0.4, -0.2) is 21.3 Å². The van der Waals surface area contributed by atoms with Gasteiger partial charge in [-0.05, 0) is 30.5 Å². The highest BCUT2D eigenvalue weighted by Gasteiger charge is 2.40. The van der Waals surface area contributed by atoms with Crippen molar-refractivity contribution < 1.29 is 9.47 Å². The molecule has 0 saturated carbocycles. The second-order valence-corrected chi connectivity index (χ2v) is 11.2. The van der Waals surface area contributed by atoms with E-state index in [0.717, 1.165) is 12.4 Å². The lowest BCUT2D eigenvalue weighted by atomic mass is 10.2. The van der Waals surface area contributed by atoms with E-state index in [-0.39, 0.29) is 0 Å². The number of rotatable bonds is 6. The third-order valence-electron chi connectivity index (χ3n) is 3.78. The van der Waals surface area contributed by atoms with E-state index in [4.69, 9.17) is 9.47 Å². The maximum absolute atomic E-state index is 5.71. The van der Waals surface area contributed by atoms with E-state index in [9.17, 15) is 0 Å². The van der Waals surface area contributed by atoms with Crippen molar-refractivity contribution in [1.29, 1.82) is 0 Å². The summed E-state index contributed by atoms with van der Waals surface area (Å²) in [6, 6.07) is 0. The van der Waals surface area contributed by atoms with Crippen LogP contribution in [0.1, 0.15) is 48.0 Å². The summed E-state index contributed by atoms with van der Waals surface area (Å²) in [5.74, 6) is 0.795. The van der Waals surface area contributed by atoms with Crippen LogP contribution in [0, 0.1) is 0 Å². The smallest absolute Gasteiger partial charge is 0.274 e.